The summed E-state index contributed by atoms with van der Waals surface area (Å²) < 4.78 is 5.28. The van der Waals surface area contributed by atoms with Crippen molar-refractivity contribution < 1.29 is 9.53 Å². The lowest BCUT2D eigenvalue weighted by Gasteiger charge is -2.08. The number of hydrogen-bond acceptors (Lipinski definition) is 2. The van der Waals surface area contributed by atoms with Crippen LogP contribution in [0.5, 0.6) is 0 Å². The lowest BCUT2D eigenvalue weighted by Crippen LogP contribution is -2.11. The third-order valence-corrected chi connectivity index (χ3v) is 3.19. The largest absolute Gasteiger partial charge is 0.381 e. The van der Waals surface area contributed by atoms with E-state index >= 15 is 0 Å². The number of carbonyl (C=O) groups excluding carboxylic acids is 1. The molecule has 0 radical (unpaired) electrons. The van der Waals surface area contributed by atoms with Crippen LogP contribution >= 0.6 is 0 Å². The maximum Gasteiger partial charge on any atom is 0.137 e. The van der Waals surface area contributed by atoms with Gasteiger partial charge in [0.1, 0.15) is 5.78 Å². The molecule has 1 aromatic rings. The van der Waals surface area contributed by atoms with E-state index in [1.165, 1.54) is 5.56 Å². The van der Waals surface area contributed by atoms with Crippen LogP contribution < -0.4 is 0 Å². The highest BCUT2D eigenvalue weighted by molar-refractivity contribution is 5.81. The highest BCUT2D eigenvalue weighted by Gasteiger charge is 2.19. The zero-order valence-corrected chi connectivity index (χ0v) is 9.74. The van der Waals surface area contributed by atoms with E-state index in [4.69, 9.17) is 4.74 Å². The van der Waals surface area contributed by atoms with Crippen LogP contribution in [0, 0.1) is 12.8 Å². The Bertz CT molecular complexity index is 365. The molecule has 1 saturated heterocycles. The molecule has 1 fully saturated rings. The fraction of sp³-hybridized carbons (Fsp3) is 0.500. The number of aryl methyl sites for hydroxylation is 1. The van der Waals surface area contributed by atoms with Crippen molar-refractivity contribution in [3.63, 3.8) is 0 Å². The smallest absolute Gasteiger partial charge is 0.137 e. The standard InChI is InChI=1S/C14H18O2/c1-11-4-2-3-5-13(11)9-14(15)8-12-6-7-16-10-12/h2-5,12H,6-10H2,1H3. The van der Waals surface area contributed by atoms with Gasteiger partial charge in [-0.2, -0.15) is 0 Å². The molecule has 16 heavy (non-hydrogen) atoms. The summed E-state index contributed by atoms with van der Waals surface area (Å²) in [5.74, 6) is 0.793. The van der Waals surface area contributed by atoms with E-state index in [1.807, 2.05) is 18.2 Å². The minimum Gasteiger partial charge on any atom is -0.381 e. The molecule has 1 unspecified atom stereocenters. The molecule has 1 aromatic carbocycles. The molecular weight excluding hydrogens is 200 g/mol. The van der Waals surface area contributed by atoms with E-state index in [9.17, 15) is 4.79 Å². The Labute approximate surface area is 96.6 Å². The van der Waals surface area contributed by atoms with Gasteiger partial charge in [-0.1, -0.05) is 24.3 Å². The highest BCUT2D eigenvalue weighted by atomic mass is 16.5. The first-order valence-electron chi connectivity index (χ1n) is 5.89. The van der Waals surface area contributed by atoms with Gasteiger partial charge in [0.2, 0.25) is 0 Å². The number of carbonyl (C=O) groups is 1. The van der Waals surface area contributed by atoms with Gasteiger partial charge in [0.05, 0.1) is 0 Å². The van der Waals surface area contributed by atoms with Gasteiger partial charge in [0.15, 0.2) is 0 Å². The van der Waals surface area contributed by atoms with Crippen molar-refractivity contribution >= 4 is 5.78 Å². The summed E-state index contributed by atoms with van der Waals surface area (Å²) in [6.45, 7) is 3.64. The lowest BCUT2D eigenvalue weighted by molar-refractivity contribution is -0.119. The van der Waals surface area contributed by atoms with Crippen molar-refractivity contribution in [1.82, 2.24) is 0 Å². The van der Waals surface area contributed by atoms with Gasteiger partial charge < -0.3 is 4.74 Å². The Kier molecular flexibility index (Phi) is 3.73. The van der Waals surface area contributed by atoms with Crippen LogP contribution in [0.2, 0.25) is 0 Å². The summed E-state index contributed by atoms with van der Waals surface area (Å²) in [6, 6.07) is 8.10. The van der Waals surface area contributed by atoms with Gasteiger partial charge >= 0.3 is 0 Å². The molecule has 1 atom stereocenters. The molecule has 0 aromatic heterocycles. The van der Waals surface area contributed by atoms with Crippen molar-refractivity contribution in [1.29, 1.82) is 0 Å². The SMILES string of the molecule is Cc1ccccc1CC(=O)CC1CCOC1. The monoisotopic (exact) mass is 218 g/mol. The van der Waals surface area contributed by atoms with Gasteiger partial charge in [-0.25, -0.2) is 0 Å². The van der Waals surface area contributed by atoms with Crippen LogP contribution in [0.25, 0.3) is 0 Å². The van der Waals surface area contributed by atoms with E-state index in [0.717, 1.165) is 25.2 Å². The second kappa shape index (κ2) is 5.26. The first-order valence-corrected chi connectivity index (χ1v) is 5.89. The molecule has 0 amide bonds. The third-order valence-electron chi connectivity index (χ3n) is 3.19. The topological polar surface area (TPSA) is 26.3 Å². The Morgan fingerprint density at radius 1 is 1.44 bits per heavy atom. The van der Waals surface area contributed by atoms with E-state index in [0.29, 0.717) is 24.5 Å². The summed E-state index contributed by atoms with van der Waals surface area (Å²) in [5.41, 5.74) is 2.37. The Balaban J connectivity index is 1.89. The molecule has 0 saturated carbocycles. The van der Waals surface area contributed by atoms with Crippen LogP contribution in [0.1, 0.15) is 24.0 Å². The lowest BCUT2D eigenvalue weighted by atomic mass is 9.96. The molecule has 0 bridgehead atoms. The van der Waals surface area contributed by atoms with Crippen LogP contribution in [0.15, 0.2) is 24.3 Å². The molecule has 1 aliphatic heterocycles. The van der Waals surface area contributed by atoms with E-state index in [-0.39, 0.29) is 0 Å². The van der Waals surface area contributed by atoms with Crippen molar-refractivity contribution in [2.45, 2.75) is 26.2 Å². The van der Waals surface area contributed by atoms with Gasteiger partial charge in [-0.15, -0.1) is 0 Å². The average molecular weight is 218 g/mol. The fourth-order valence-corrected chi connectivity index (χ4v) is 2.16. The molecule has 2 rings (SSSR count). The predicted molar refractivity (Wildman–Crippen MR) is 63.4 cm³/mol. The minimum atomic E-state index is 0.338. The van der Waals surface area contributed by atoms with Crippen molar-refractivity contribution in [2.75, 3.05) is 13.2 Å². The Morgan fingerprint density at radius 2 is 2.25 bits per heavy atom. The van der Waals surface area contributed by atoms with E-state index < -0.39 is 0 Å². The number of benzene rings is 1. The van der Waals surface area contributed by atoms with Crippen LogP contribution in [0.4, 0.5) is 0 Å². The first-order chi connectivity index (χ1) is 7.75. The van der Waals surface area contributed by atoms with E-state index in [2.05, 4.69) is 13.0 Å². The summed E-state index contributed by atoms with van der Waals surface area (Å²) >= 11 is 0. The normalized spacial score (nSPS) is 19.9. The number of hydrogen-bond donors (Lipinski definition) is 0. The molecule has 0 aliphatic carbocycles. The van der Waals surface area contributed by atoms with Gasteiger partial charge in [-0.05, 0) is 30.4 Å². The van der Waals surface area contributed by atoms with Crippen LogP contribution in [-0.4, -0.2) is 19.0 Å². The predicted octanol–water partition coefficient (Wildman–Crippen LogP) is 2.53. The fourth-order valence-electron chi connectivity index (χ4n) is 2.16. The number of rotatable bonds is 4. The molecule has 0 spiro atoms. The van der Waals surface area contributed by atoms with Crippen molar-refractivity contribution in [2.24, 2.45) is 5.92 Å². The summed E-state index contributed by atoms with van der Waals surface area (Å²) in [4.78, 5) is 11.9. The summed E-state index contributed by atoms with van der Waals surface area (Å²) in [6.07, 6.45) is 2.29. The molecule has 1 heterocycles. The van der Waals surface area contributed by atoms with E-state index in [1.54, 1.807) is 0 Å². The second-order valence-corrected chi connectivity index (χ2v) is 4.58. The first kappa shape index (κ1) is 11.3. The number of Topliss-reactive ketones (excluding diaryl/α,β-unsaturated/α-hetero) is 1. The molecule has 0 N–H and O–H groups in total. The second-order valence-electron chi connectivity index (χ2n) is 4.58. The van der Waals surface area contributed by atoms with Crippen LogP contribution in [-0.2, 0) is 16.0 Å². The zero-order chi connectivity index (χ0) is 11.4. The van der Waals surface area contributed by atoms with Crippen molar-refractivity contribution in [3.8, 4) is 0 Å². The van der Waals surface area contributed by atoms with Gasteiger partial charge in [-0.3, -0.25) is 4.79 Å². The summed E-state index contributed by atoms with van der Waals surface area (Å²) in [5, 5.41) is 0. The Hall–Kier alpha value is -1.15. The quantitative estimate of drug-likeness (QED) is 0.776. The molecule has 86 valence electrons. The maximum absolute atomic E-state index is 11.9. The molecule has 1 aliphatic rings. The van der Waals surface area contributed by atoms with Crippen LogP contribution in [0.3, 0.4) is 0 Å². The average Bonchev–Trinajstić information content (AvgIpc) is 2.74. The maximum atomic E-state index is 11.9. The van der Waals surface area contributed by atoms with Gasteiger partial charge in [0.25, 0.3) is 0 Å². The number of ketones is 1. The summed E-state index contributed by atoms with van der Waals surface area (Å²) in [7, 11) is 0. The van der Waals surface area contributed by atoms with Gasteiger partial charge in [0, 0.05) is 26.1 Å². The highest BCUT2D eigenvalue weighted by Crippen LogP contribution is 2.18. The Morgan fingerprint density at radius 3 is 2.94 bits per heavy atom. The molecule has 2 nitrogen and oxygen atoms in total. The molecular formula is C14H18O2. The molecule has 2 heteroatoms. The third kappa shape index (κ3) is 2.92. The van der Waals surface area contributed by atoms with Crippen molar-refractivity contribution in [3.05, 3.63) is 35.4 Å². The zero-order valence-electron chi connectivity index (χ0n) is 9.74. The minimum absolute atomic E-state index is 0.338. The number of ether oxygens (including phenoxy) is 1.